The highest BCUT2D eigenvalue weighted by atomic mass is 16.1. The number of isocyanates is 2. The fourth-order valence-corrected chi connectivity index (χ4v) is 7.49. The first-order chi connectivity index (χ1) is 19.8. The maximum Gasteiger partial charge on any atom is 0.234 e. The molecule has 1 aliphatic carbocycles. The zero-order valence-electron chi connectivity index (χ0n) is 26.8. The fourth-order valence-electron chi connectivity index (χ4n) is 7.49. The highest BCUT2D eigenvalue weighted by Crippen LogP contribution is 2.47. The lowest BCUT2D eigenvalue weighted by Crippen LogP contribution is -2.35. The second-order valence-corrected chi connectivity index (χ2v) is 12.9. The zero-order valence-corrected chi connectivity index (χ0v) is 26.8. The molecular formula is C36H66N2O2. The molecule has 1 aliphatic rings. The van der Waals surface area contributed by atoms with Crippen molar-refractivity contribution in [1.29, 1.82) is 0 Å². The molecule has 4 atom stereocenters. The van der Waals surface area contributed by atoms with Gasteiger partial charge in [0.1, 0.15) is 0 Å². The van der Waals surface area contributed by atoms with Crippen LogP contribution in [0.15, 0.2) is 9.98 Å². The van der Waals surface area contributed by atoms with E-state index in [9.17, 15) is 9.59 Å². The molecule has 4 unspecified atom stereocenters. The summed E-state index contributed by atoms with van der Waals surface area (Å²) >= 11 is 0. The fraction of sp³-hybridized carbons (Fsp3) is 0.944. The van der Waals surface area contributed by atoms with Gasteiger partial charge in [-0.15, -0.1) is 0 Å². The van der Waals surface area contributed by atoms with Crippen LogP contribution in [0.1, 0.15) is 181 Å². The highest BCUT2D eigenvalue weighted by molar-refractivity contribution is 5.32. The van der Waals surface area contributed by atoms with Gasteiger partial charge in [-0.1, -0.05) is 142 Å². The Balaban J connectivity index is 2.64. The van der Waals surface area contributed by atoms with Crippen LogP contribution in [0.5, 0.6) is 0 Å². The standard InChI is InChI=1S/C36H66N2O2/c1-3-5-7-17-23-33-27-28-34(24-18-13-9-11-15-21-29-37-31-39)36(35(33)25-19-8-6-4-2)26-20-14-10-12-16-22-30-38-32-40/h33-36H,3-30H2,1-2H3. The molecule has 1 fully saturated rings. The van der Waals surface area contributed by atoms with Gasteiger partial charge in [0.2, 0.25) is 12.2 Å². The third kappa shape index (κ3) is 19.0. The second-order valence-electron chi connectivity index (χ2n) is 12.9. The van der Waals surface area contributed by atoms with Crippen molar-refractivity contribution in [3.63, 3.8) is 0 Å². The lowest BCUT2D eigenvalue weighted by molar-refractivity contribution is 0.0581. The van der Waals surface area contributed by atoms with Crippen LogP contribution >= 0.6 is 0 Å². The van der Waals surface area contributed by atoms with Crippen LogP contribution in [0.4, 0.5) is 0 Å². The van der Waals surface area contributed by atoms with Gasteiger partial charge in [0.25, 0.3) is 0 Å². The first-order valence-corrected chi connectivity index (χ1v) is 17.9. The van der Waals surface area contributed by atoms with Crippen LogP contribution in [-0.2, 0) is 9.59 Å². The summed E-state index contributed by atoms with van der Waals surface area (Å²) in [6.07, 6.45) is 38.7. The molecule has 4 heteroatoms. The summed E-state index contributed by atoms with van der Waals surface area (Å²) in [6.45, 7) is 5.98. The predicted molar refractivity (Wildman–Crippen MR) is 171 cm³/mol. The minimum Gasteiger partial charge on any atom is -0.211 e. The summed E-state index contributed by atoms with van der Waals surface area (Å²) in [4.78, 5) is 27.8. The van der Waals surface area contributed by atoms with Gasteiger partial charge in [-0.25, -0.2) is 19.6 Å². The van der Waals surface area contributed by atoms with E-state index in [1.807, 2.05) is 0 Å². The molecule has 0 bridgehead atoms. The van der Waals surface area contributed by atoms with Crippen LogP contribution in [0.3, 0.4) is 0 Å². The van der Waals surface area contributed by atoms with Gasteiger partial charge in [-0.3, -0.25) is 0 Å². The molecule has 4 nitrogen and oxygen atoms in total. The third-order valence-corrected chi connectivity index (χ3v) is 9.77. The lowest BCUT2D eigenvalue weighted by Gasteiger charge is -2.44. The second kappa shape index (κ2) is 27.9. The van der Waals surface area contributed by atoms with Gasteiger partial charge in [0.05, 0.1) is 13.1 Å². The molecule has 1 rings (SSSR count). The van der Waals surface area contributed by atoms with Gasteiger partial charge in [-0.05, 0) is 62.2 Å². The van der Waals surface area contributed by atoms with E-state index in [0.29, 0.717) is 13.1 Å². The normalized spacial score (nSPS) is 20.6. The van der Waals surface area contributed by atoms with Crippen molar-refractivity contribution in [3.8, 4) is 0 Å². The maximum absolute atomic E-state index is 10.2. The third-order valence-electron chi connectivity index (χ3n) is 9.77. The Bertz CT molecular complexity index is 653. The molecule has 0 aliphatic heterocycles. The molecular weight excluding hydrogens is 492 g/mol. The molecule has 40 heavy (non-hydrogen) atoms. The minimum atomic E-state index is 0.654. The summed E-state index contributed by atoms with van der Waals surface area (Å²) in [5.74, 6) is 3.85. The number of nitrogens with zero attached hydrogens (tertiary/aromatic N) is 2. The van der Waals surface area contributed by atoms with E-state index in [2.05, 4.69) is 23.8 Å². The Morgan fingerprint density at radius 2 is 0.775 bits per heavy atom. The monoisotopic (exact) mass is 559 g/mol. The van der Waals surface area contributed by atoms with E-state index in [1.165, 1.54) is 154 Å². The average molecular weight is 559 g/mol. The van der Waals surface area contributed by atoms with Crippen LogP contribution in [0.25, 0.3) is 0 Å². The number of hydrogen-bond acceptors (Lipinski definition) is 4. The number of aliphatic imine (C=N–C) groups is 2. The van der Waals surface area contributed by atoms with E-state index in [4.69, 9.17) is 0 Å². The molecule has 0 amide bonds. The molecule has 0 spiro atoms. The molecule has 232 valence electrons. The first kappa shape index (κ1) is 36.8. The maximum atomic E-state index is 10.2. The van der Waals surface area contributed by atoms with Crippen LogP contribution in [0.2, 0.25) is 0 Å². The molecule has 0 heterocycles. The minimum absolute atomic E-state index is 0.654. The number of hydrogen-bond donors (Lipinski definition) is 0. The Morgan fingerprint density at radius 1 is 0.450 bits per heavy atom. The van der Waals surface area contributed by atoms with E-state index < -0.39 is 0 Å². The van der Waals surface area contributed by atoms with Crippen molar-refractivity contribution in [2.75, 3.05) is 13.1 Å². The van der Waals surface area contributed by atoms with Crippen molar-refractivity contribution in [3.05, 3.63) is 0 Å². The Labute approximate surface area is 249 Å². The first-order valence-electron chi connectivity index (χ1n) is 17.9. The molecule has 1 saturated carbocycles. The van der Waals surface area contributed by atoms with Gasteiger partial charge < -0.3 is 0 Å². The summed E-state index contributed by atoms with van der Waals surface area (Å²) in [6, 6.07) is 0. The summed E-state index contributed by atoms with van der Waals surface area (Å²) < 4.78 is 0. The van der Waals surface area contributed by atoms with Crippen LogP contribution < -0.4 is 0 Å². The Morgan fingerprint density at radius 3 is 1.15 bits per heavy atom. The zero-order chi connectivity index (χ0) is 28.9. The van der Waals surface area contributed by atoms with Crippen LogP contribution in [0, 0.1) is 23.7 Å². The SMILES string of the molecule is CCCCCCC1CCC(CCCCCCCCN=C=O)C(CCCCCCCCN=C=O)C1CCCCCC. The molecule has 0 aromatic rings. The van der Waals surface area contributed by atoms with E-state index in [1.54, 1.807) is 12.2 Å². The van der Waals surface area contributed by atoms with Gasteiger partial charge in [-0.2, -0.15) is 0 Å². The van der Waals surface area contributed by atoms with Crippen molar-refractivity contribution in [1.82, 2.24) is 0 Å². The van der Waals surface area contributed by atoms with E-state index in [0.717, 1.165) is 36.5 Å². The number of unbranched alkanes of at least 4 members (excludes halogenated alkanes) is 16. The topological polar surface area (TPSA) is 58.9 Å². The smallest absolute Gasteiger partial charge is 0.211 e. The van der Waals surface area contributed by atoms with Gasteiger partial charge >= 0.3 is 0 Å². The highest BCUT2D eigenvalue weighted by Gasteiger charge is 2.37. The molecule has 0 saturated heterocycles. The van der Waals surface area contributed by atoms with E-state index in [-0.39, 0.29) is 0 Å². The average Bonchev–Trinajstić information content (AvgIpc) is 2.97. The predicted octanol–water partition coefficient (Wildman–Crippen LogP) is 11.3. The largest absolute Gasteiger partial charge is 0.234 e. The van der Waals surface area contributed by atoms with Crippen LogP contribution in [-0.4, -0.2) is 25.2 Å². The van der Waals surface area contributed by atoms with Crippen molar-refractivity contribution >= 4 is 12.2 Å². The summed E-state index contributed by atoms with van der Waals surface area (Å²) in [5.41, 5.74) is 0. The van der Waals surface area contributed by atoms with Gasteiger partial charge in [0.15, 0.2) is 0 Å². The Hall–Kier alpha value is -1.24. The van der Waals surface area contributed by atoms with Crippen molar-refractivity contribution < 1.29 is 9.59 Å². The molecule has 0 aromatic carbocycles. The van der Waals surface area contributed by atoms with Crippen molar-refractivity contribution in [2.24, 2.45) is 33.7 Å². The number of carbonyl (C=O) groups excluding carboxylic acids is 2. The molecule has 0 aromatic heterocycles. The molecule has 0 N–H and O–H groups in total. The number of rotatable bonds is 28. The van der Waals surface area contributed by atoms with Crippen molar-refractivity contribution in [2.45, 2.75) is 181 Å². The van der Waals surface area contributed by atoms with E-state index >= 15 is 0 Å². The summed E-state index contributed by atoms with van der Waals surface area (Å²) in [5, 5.41) is 0. The summed E-state index contributed by atoms with van der Waals surface area (Å²) in [7, 11) is 0. The van der Waals surface area contributed by atoms with Gasteiger partial charge in [0, 0.05) is 0 Å². The quantitative estimate of drug-likeness (QED) is 0.0544. The molecule has 0 radical (unpaired) electrons. The lowest BCUT2D eigenvalue weighted by atomic mass is 9.61. The Kier molecular flexibility index (Phi) is 25.7.